The van der Waals surface area contributed by atoms with Crippen molar-refractivity contribution in [1.29, 1.82) is 0 Å². The summed E-state index contributed by atoms with van der Waals surface area (Å²) in [7, 11) is 1.37. The van der Waals surface area contributed by atoms with E-state index in [-0.39, 0.29) is 36.2 Å². The molecule has 3 rings (SSSR count). The Morgan fingerprint density at radius 1 is 1.19 bits per heavy atom. The van der Waals surface area contributed by atoms with Crippen LogP contribution < -0.4 is 0 Å². The van der Waals surface area contributed by atoms with Gasteiger partial charge in [-0.2, -0.15) is 0 Å². The third-order valence-corrected chi connectivity index (χ3v) is 5.61. The topological polar surface area (TPSA) is 66.9 Å². The monoisotopic (exact) mass is 370 g/mol. The number of ether oxygens (including phenoxy) is 1. The SMILES string of the molecule is C=CC(=O)N1CCC(C(=O)N2CCc3ccccc3[C@H]2CC(=O)OC)CC1. The maximum absolute atomic E-state index is 13.2. The van der Waals surface area contributed by atoms with E-state index in [9.17, 15) is 14.4 Å². The zero-order chi connectivity index (χ0) is 19.4. The van der Waals surface area contributed by atoms with Crippen molar-refractivity contribution in [2.75, 3.05) is 26.7 Å². The quantitative estimate of drug-likeness (QED) is 0.601. The molecule has 1 fully saturated rings. The molecule has 2 amide bonds. The van der Waals surface area contributed by atoms with Gasteiger partial charge in [0.2, 0.25) is 11.8 Å². The summed E-state index contributed by atoms with van der Waals surface area (Å²) < 4.78 is 4.86. The van der Waals surface area contributed by atoms with Gasteiger partial charge in [-0.15, -0.1) is 0 Å². The van der Waals surface area contributed by atoms with Gasteiger partial charge in [-0.25, -0.2) is 0 Å². The van der Waals surface area contributed by atoms with E-state index < -0.39 is 0 Å². The summed E-state index contributed by atoms with van der Waals surface area (Å²) in [4.78, 5) is 40.5. The van der Waals surface area contributed by atoms with Crippen LogP contribution in [0.3, 0.4) is 0 Å². The molecule has 0 N–H and O–H groups in total. The summed E-state index contributed by atoms with van der Waals surface area (Å²) in [6.07, 6.45) is 3.54. The molecule has 0 saturated carbocycles. The number of carbonyl (C=O) groups is 3. The van der Waals surface area contributed by atoms with Gasteiger partial charge in [0.15, 0.2) is 0 Å². The minimum Gasteiger partial charge on any atom is -0.469 e. The highest BCUT2D eigenvalue weighted by Crippen LogP contribution is 2.35. The number of carbonyl (C=O) groups excluding carboxylic acids is 3. The van der Waals surface area contributed by atoms with Gasteiger partial charge in [-0.1, -0.05) is 30.8 Å². The molecule has 2 aliphatic rings. The molecule has 6 nitrogen and oxygen atoms in total. The number of rotatable bonds is 4. The molecule has 0 spiro atoms. The first-order valence-corrected chi connectivity index (χ1v) is 9.41. The molecule has 6 heteroatoms. The smallest absolute Gasteiger partial charge is 0.307 e. The molecule has 0 radical (unpaired) electrons. The second-order valence-electron chi connectivity index (χ2n) is 7.08. The zero-order valence-corrected chi connectivity index (χ0v) is 15.7. The summed E-state index contributed by atoms with van der Waals surface area (Å²) in [5.41, 5.74) is 2.21. The third-order valence-electron chi connectivity index (χ3n) is 5.61. The number of nitrogens with zero attached hydrogens (tertiary/aromatic N) is 2. The first-order chi connectivity index (χ1) is 13.0. The van der Waals surface area contributed by atoms with Gasteiger partial charge in [-0.3, -0.25) is 14.4 Å². The Labute approximate surface area is 159 Å². The van der Waals surface area contributed by atoms with Crippen molar-refractivity contribution < 1.29 is 19.1 Å². The molecule has 0 unspecified atom stereocenters. The van der Waals surface area contributed by atoms with Gasteiger partial charge < -0.3 is 14.5 Å². The molecule has 1 aromatic rings. The second kappa shape index (κ2) is 8.37. The number of hydrogen-bond acceptors (Lipinski definition) is 4. The van der Waals surface area contributed by atoms with Gasteiger partial charge in [-0.05, 0) is 36.5 Å². The van der Waals surface area contributed by atoms with Gasteiger partial charge in [0.1, 0.15) is 0 Å². The van der Waals surface area contributed by atoms with Gasteiger partial charge in [0.25, 0.3) is 0 Å². The summed E-state index contributed by atoms with van der Waals surface area (Å²) in [6.45, 7) is 5.25. The lowest BCUT2D eigenvalue weighted by Gasteiger charge is -2.40. The van der Waals surface area contributed by atoms with E-state index in [0.29, 0.717) is 32.5 Å². The minimum absolute atomic E-state index is 0.0732. The van der Waals surface area contributed by atoms with E-state index in [1.807, 2.05) is 23.1 Å². The van der Waals surface area contributed by atoms with E-state index in [1.165, 1.54) is 18.7 Å². The van der Waals surface area contributed by atoms with Crippen LogP contribution in [0.15, 0.2) is 36.9 Å². The van der Waals surface area contributed by atoms with Crippen LogP contribution in [0.25, 0.3) is 0 Å². The maximum atomic E-state index is 13.2. The van der Waals surface area contributed by atoms with E-state index in [0.717, 1.165) is 12.0 Å². The molecule has 0 bridgehead atoms. The average molecular weight is 370 g/mol. The van der Waals surface area contributed by atoms with Gasteiger partial charge in [0.05, 0.1) is 19.6 Å². The molecular weight excluding hydrogens is 344 g/mol. The molecule has 144 valence electrons. The normalized spacial score (nSPS) is 20.0. The van der Waals surface area contributed by atoms with E-state index >= 15 is 0 Å². The first-order valence-electron chi connectivity index (χ1n) is 9.41. The standard InChI is InChI=1S/C21H26N2O4/c1-3-19(24)22-11-8-16(9-12-22)21(26)23-13-10-15-6-4-5-7-17(15)18(23)14-20(25)27-2/h3-7,16,18H,1,8-14H2,2H3/t18-/m1/s1. The van der Waals surface area contributed by atoms with Crippen molar-refractivity contribution in [3.05, 3.63) is 48.0 Å². The molecule has 27 heavy (non-hydrogen) atoms. The summed E-state index contributed by atoms with van der Waals surface area (Å²) >= 11 is 0. The van der Waals surface area contributed by atoms with Crippen LogP contribution in [-0.4, -0.2) is 54.3 Å². The molecule has 2 heterocycles. The van der Waals surface area contributed by atoms with Crippen molar-refractivity contribution in [3.8, 4) is 0 Å². The molecule has 1 aromatic carbocycles. The van der Waals surface area contributed by atoms with Crippen LogP contribution in [0.2, 0.25) is 0 Å². The Balaban J connectivity index is 1.76. The number of methoxy groups -OCH3 is 1. The second-order valence-corrected chi connectivity index (χ2v) is 7.08. The van der Waals surface area contributed by atoms with Crippen molar-refractivity contribution in [2.24, 2.45) is 5.92 Å². The van der Waals surface area contributed by atoms with E-state index in [1.54, 1.807) is 4.90 Å². The lowest BCUT2D eigenvalue weighted by molar-refractivity contribution is -0.147. The fraction of sp³-hybridized carbons (Fsp3) is 0.476. The van der Waals surface area contributed by atoms with Crippen molar-refractivity contribution >= 4 is 17.8 Å². The number of amides is 2. The molecule has 0 aliphatic carbocycles. The number of fused-ring (bicyclic) bond motifs is 1. The zero-order valence-electron chi connectivity index (χ0n) is 15.7. The third kappa shape index (κ3) is 4.04. The summed E-state index contributed by atoms with van der Waals surface area (Å²) in [6, 6.07) is 7.69. The number of benzene rings is 1. The predicted molar refractivity (Wildman–Crippen MR) is 101 cm³/mol. The summed E-state index contributed by atoms with van der Waals surface area (Å²) in [5, 5.41) is 0. The predicted octanol–water partition coefficient (Wildman–Crippen LogP) is 2.10. The Bertz CT molecular complexity index is 737. The van der Waals surface area contributed by atoms with E-state index in [4.69, 9.17) is 4.74 Å². The highest BCUT2D eigenvalue weighted by Gasteiger charge is 2.37. The lowest BCUT2D eigenvalue weighted by Crippen LogP contribution is -2.47. The highest BCUT2D eigenvalue weighted by atomic mass is 16.5. The highest BCUT2D eigenvalue weighted by molar-refractivity contribution is 5.87. The van der Waals surface area contributed by atoms with Crippen LogP contribution in [0.4, 0.5) is 0 Å². The number of likely N-dealkylation sites (tertiary alicyclic amines) is 1. The molecule has 1 atom stereocenters. The minimum atomic E-state index is -0.319. The Kier molecular flexibility index (Phi) is 5.94. The number of hydrogen-bond donors (Lipinski definition) is 0. The van der Waals surface area contributed by atoms with Gasteiger partial charge in [0, 0.05) is 25.6 Å². The lowest BCUT2D eigenvalue weighted by atomic mass is 9.88. The molecular formula is C21H26N2O4. The Morgan fingerprint density at radius 3 is 2.56 bits per heavy atom. The first kappa shape index (κ1) is 19.1. The van der Waals surface area contributed by atoms with Crippen molar-refractivity contribution in [2.45, 2.75) is 31.7 Å². The van der Waals surface area contributed by atoms with Crippen LogP contribution >= 0.6 is 0 Å². The fourth-order valence-electron chi connectivity index (χ4n) is 4.09. The maximum Gasteiger partial charge on any atom is 0.307 e. The molecule has 0 aromatic heterocycles. The average Bonchev–Trinajstić information content (AvgIpc) is 2.72. The number of esters is 1. The van der Waals surface area contributed by atoms with Crippen LogP contribution in [0.1, 0.15) is 36.4 Å². The Morgan fingerprint density at radius 2 is 1.89 bits per heavy atom. The van der Waals surface area contributed by atoms with Gasteiger partial charge >= 0.3 is 5.97 Å². The van der Waals surface area contributed by atoms with Crippen LogP contribution in [-0.2, 0) is 25.5 Å². The Hall–Kier alpha value is -2.63. The van der Waals surface area contributed by atoms with Crippen molar-refractivity contribution in [3.63, 3.8) is 0 Å². The van der Waals surface area contributed by atoms with E-state index in [2.05, 4.69) is 12.6 Å². The largest absolute Gasteiger partial charge is 0.469 e. The molecule has 2 aliphatic heterocycles. The summed E-state index contributed by atoms with van der Waals surface area (Å²) in [5.74, 6) is -0.453. The van der Waals surface area contributed by atoms with Crippen molar-refractivity contribution in [1.82, 2.24) is 9.80 Å². The van der Waals surface area contributed by atoms with Crippen LogP contribution in [0, 0.1) is 5.92 Å². The fourth-order valence-corrected chi connectivity index (χ4v) is 4.09. The van der Waals surface area contributed by atoms with Crippen LogP contribution in [0.5, 0.6) is 0 Å². The molecule has 1 saturated heterocycles. The number of piperidine rings is 1.